The molecular weight excluding hydrogens is 535 g/mol. The van der Waals surface area contributed by atoms with E-state index in [1.54, 1.807) is 31.0 Å². The lowest BCUT2D eigenvalue weighted by Crippen LogP contribution is -2.35. The van der Waals surface area contributed by atoms with Gasteiger partial charge in [-0.05, 0) is 44.7 Å². The van der Waals surface area contributed by atoms with Gasteiger partial charge in [0.25, 0.3) is 0 Å². The molecular formula is C29H33FN4O5S. The molecule has 0 aromatic carbocycles. The fourth-order valence-corrected chi connectivity index (χ4v) is 6.76. The molecule has 2 fully saturated rings. The number of aryl methyl sites for hydroxylation is 2. The van der Waals surface area contributed by atoms with E-state index in [4.69, 9.17) is 4.42 Å². The van der Waals surface area contributed by atoms with Crippen LogP contribution in [0.2, 0.25) is 0 Å². The minimum atomic E-state index is -1.03. The number of carboxylic acids is 1. The van der Waals surface area contributed by atoms with Crippen molar-refractivity contribution in [2.24, 2.45) is 11.8 Å². The van der Waals surface area contributed by atoms with E-state index < -0.39 is 17.0 Å². The number of halogens is 1. The van der Waals surface area contributed by atoms with Gasteiger partial charge in [0.1, 0.15) is 23.0 Å². The topological polar surface area (TPSA) is 117 Å². The maximum atomic E-state index is 15.5. The van der Waals surface area contributed by atoms with Crippen molar-refractivity contribution >= 4 is 40.1 Å². The van der Waals surface area contributed by atoms with Crippen molar-refractivity contribution < 1.29 is 28.3 Å². The number of thiazole rings is 1. The highest BCUT2D eigenvalue weighted by Crippen LogP contribution is 2.43. The summed E-state index contributed by atoms with van der Waals surface area (Å²) in [6.45, 7) is 4.14. The van der Waals surface area contributed by atoms with Gasteiger partial charge in [0.05, 0.1) is 12.0 Å². The monoisotopic (exact) mass is 568 g/mol. The summed E-state index contributed by atoms with van der Waals surface area (Å²) in [4.78, 5) is 49.0. The maximum Gasteiger partial charge on any atom is 0.304 e. The van der Waals surface area contributed by atoms with Crippen molar-refractivity contribution in [2.45, 2.75) is 65.2 Å². The molecule has 3 aromatic rings. The molecule has 2 amide bonds. The van der Waals surface area contributed by atoms with Gasteiger partial charge in [-0.25, -0.2) is 9.97 Å². The Bertz CT molecular complexity index is 1430. The Hall–Kier alpha value is -3.60. The van der Waals surface area contributed by atoms with E-state index in [9.17, 15) is 19.5 Å². The molecule has 1 saturated heterocycles. The molecule has 40 heavy (non-hydrogen) atoms. The molecule has 212 valence electrons. The molecule has 11 heteroatoms. The van der Waals surface area contributed by atoms with Gasteiger partial charge >= 0.3 is 5.97 Å². The van der Waals surface area contributed by atoms with Gasteiger partial charge in [0.15, 0.2) is 5.13 Å². The van der Waals surface area contributed by atoms with E-state index in [2.05, 4.69) is 9.97 Å². The van der Waals surface area contributed by atoms with Gasteiger partial charge in [-0.15, -0.1) is 0 Å². The Morgan fingerprint density at radius 2 is 1.93 bits per heavy atom. The molecule has 1 aliphatic carbocycles. The summed E-state index contributed by atoms with van der Waals surface area (Å²) in [5, 5.41) is 9.03. The molecule has 1 N–H and O–H groups in total. The molecule has 1 atom stereocenters. The molecule has 5 rings (SSSR count). The molecule has 1 saturated carbocycles. The van der Waals surface area contributed by atoms with Gasteiger partial charge < -0.3 is 9.52 Å². The second kappa shape index (κ2) is 11.5. The first kappa shape index (κ1) is 27.9. The van der Waals surface area contributed by atoms with Gasteiger partial charge in [-0.3, -0.25) is 24.2 Å². The summed E-state index contributed by atoms with van der Waals surface area (Å²) in [6, 6.07) is 3.60. The molecule has 0 unspecified atom stereocenters. The van der Waals surface area contributed by atoms with E-state index >= 15 is 4.39 Å². The van der Waals surface area contributed by atoms with Crippen LogP contribution < -0.4 is 9.80 Å². The molecule has 4 heterocycles. The number of amides is 2. The third-order valence-corrected chi connectivity index (χ3v) is 8.86. The zero-order chi connectivity index (χ0) is 28.6. The highest BCUT2D eigenvalue weighted by atomic mass is 32.1. The van der Waals surface area contributed by atoms with Crippen LogP contribution in [0.1, 0.15) is 62.9 Å². The summed E-state index contributed by atoms with van der Waals surface area (Å²) in [5.74, 6) is -0.113. The number of hydrogen-bond acceptors (Lipinski definition) is 7. The van der Waals surface area contributed by atoms with E-state index in [0.29, 0.717) is 59.3 Å². The molecule has 3 aromatic heterocycles. The van der Waals surface area contributed by atoms with E-state index in [0.717, 1.165) is 43.4 Å². The van der Waals surface area contributed by atoms with Crippen molar-refractivity contribution in [1.29, 1.82) is 0 Å². The zero-order valence-electron chi connectivity index (χ0n) is 22.9. The van der Waals surface area contributed by atoms with Gasteiger partial charge in [-0.1, -0.05) is 37.0 Å². The van der Waals surface area contributed by atoms with E-state index in [1.807, 2.05) is 6.07 Å². The molecule has 2 aliphatic rings. The fourth-order valence-electron chi connectivity index (χ4n) is 5.99. The fraction of sp³-hybridized carbons (Fsp3) is 0.483. The number of nitrogens with zero attached hydrogens (tertiary/aromatic N) is 4. The van der Waals surface area contributed by atoms with Gasteiger partial charge in [-0.2, -0.15) is 4.39 Å². The molecule has 0 bridgehead atoms. The van der Waals surface area contributed by atoms with E-state index in [1.165, 1.54) is 11.9 Å². The van der Waals surface area contributed by atoms with Crippen molar-refractivity contribution in [3.63, 3.8) is 0 Å². The number of carbonyl (C=O) groups excluding carboxylic acids is 2. The van der Waals surface area contributed by atoms with Crippen LogP contribution in [0.25, 0.3) is 22.4 Å². The van der Waals surface area contributed by atoms with Crippen LogP contribution in [0.3, 0.4) is 0 Å². The molecule has 0 spiro atoms. The lowest BCUT2D eigenvalue weighted by molar-refractivity contribution is -0.140. The normalized spacial score (nSPS) is 16.6. The number of pyridine rings is 1. The highest BCUT2D eigenvalue weighted by Gasteiger charge is 2.32. The van der Waals surface area contributed by atoms with Crippen LogP contribution in [0.4, 0.5) is 15.3 Å². The van der Waals surface area contributed by atoms with Crippen LogP contribution in [0.15, 0.2) is 22.7 Å². The second-order valence-electron chi connectivity index (χ2n) is 10.7. The number of hydrogen-bond donors (Lipinski definition) is 1. The summed E-state index contributed by atoms with van der Waals surface area (Å²) in [6.07, 6.45) is 7.36. The highest BCUT2D eigenvalue weighted by molar-refractivity contribution is 7.14. The summed E-state index contributed by atoms with van der Waals surface area (Å²) in [5.41, 5.74) is 1.86. The van der Waals surface area contributed by atoms with Crippen LogP contribution in [-0.2, 0) is 14.4 Å². The molecule has 9 nitrogen and oxygen atoms in total. The summed E-state index contributed by atoms with van der Waals surface area (Å²) >= 11 is 0.744. The summed E-state index contributed by atoms with van der Waals surface area (Å²) in [7, 11) is 1.52. The third-order valence-electron chi connectivity index (χ3n) is 7.94. The van der Waals surface area contributed by atoms with E-state index in [-0.39, 0.29) is 29.1 Å². The van der Waals surface area contributed by atoms with Crippen molar-refractivity contribution in [1.82, 2.24) is 9.97 Å². The lowest BCUT2D eigenvalue weighted by atomic mass is 9.90. The first-order valence-corrected chi connectivity index (χ1v) is 14.5. The minimum absolute atomic E-state index is 0.0425. The number of furan rings is 1. The average molecular weight is 569 g/mol. The first-order chi connectivity index (χ1) is 19.1. The molecule has 1 aliphatic heterocycles. The second-order valence-corrected chi connectivity index (χ2v) is 11.6. The smallest absolute Gasteiger partial charge is 0.304 e. The Morgan fingerprint density at radius 3 is 2.55 bits per heavy atom. The molecule has 0 radical (unpaired) electrons. The van der Waals surface area contributed by atoms with Crippen molar-refractivity contribution in [2.75, 3.05) is 23.4 Å². The predicted molar refractivity (Wildman–Crippen MR) is 150 cm³/mol. The minimum Gasteiger partial charge on any atom is -0.481 e. The van der Waals surface area contributed by atoms with Crippen LogP contribution in [0, 0.1) is 30.8 Å². The Kier molecular flexibility index (Phi) is 8.02. The van der Waals surface area contributed by atoms with Crippen LogP contribution in [0.5, 0.6) is 0 Å². The Morgan fingerprint density at radius 1 is 1.20 bits per heavy atom. The van der Waals surface area contributed by atoms with Crippen LogP contribution in [-0.4, -0.2) is 46.5 Å². The first-order valence-electron chi connectivity index (χ1n) is 13.7. The number of carbonyl (C=O) groups is 3. The number of aliphatic carboxylic acids is 1. The number of aromatic nitrogens is 2. The standard InChI is InChI=1S/C29H33FN4O5S/c1-16-24(19-10-11-21(31-15-19)34-12-6-9-22(34)35)25(17(2)39-16)26-27(30)40-29(32-26)33(3)28(38)20(14-23(36)37)13-18-7-4-5-8-18/h10-11,15,18,20H,4-9,12-14H2,1-3H3,(H,36,37)/t20-/m1/s1. The maximum absolute atomic E-state index is 15.5. The average Bonchev–Trinajstić information content (AvgIpc) is 3.71. The number of rotatable bonds is 9. The van der Waals surface area contributed by atoms with Crippen LogP contribution >= 0.6 is 11.3 Å². The van der Waals surface area contributed by atoms with Gasteiger partial charge in [0.2, 0.25) is 16.9 Å². The quantitative estimate of drug-likeness (QED) is 0.337. The lowest BCUT2D eigenvalue weighted by Gasteiger charge is -2.23. The number of carboxylic acid groups (broad SMARTS) is 1. The van der Waals surface area contributed by atoms with Gasteiger partial charge in [0, 0.05) is 43.3 Å². The SMILES string of the molecule is Cc1oc(C)c(-c2nc(N(C)C(=O)[C@@H](CC(=O)O)CC3CCCC3)sc2F)c1-c1ccc(N2CCCC2=O)nc1. The zero-order valence-corrected chi connectivity index (χ0v) is 23.7. The predicted octanol–water partition coefficient (Wildman–Crippen LogP) is 5.98. The largest absolute Gasteiger partial charge is 0.481 e. The summed E-state index contributed by atoms with van der Waals surface area (Å²) < 4.78 is 21.4. The Labute approximate surface area is 236 Å². The number of anilines is 2. The third kappa shape index (κ3) is 5.52. The Balaban J connectivity index is 1.43. The van der Waals surface area contributed by atoms with Crippen molar-refractivity contribution in [3.8, 4) is 22.4 Å². The van der Waals surface area contributed by atoms with Crippen molar-refractivity contribution in [3.05, 3.63) is 35.0 Å².